The number of aliphatic hydroxyl groups excluding tert-OH is 5. The fraction of sp³-hybridized carbons (Fsp3) is 0.982. The van der Waals surface area contributed by atoms with Crippen molar-refractivity contribution in [2.45, 2.75) is 339 Å². The second-order valence-corrected chi connectivity index (χ2v) is 20.5. The lowest BCUT2D eigenvalue weighted by Gasteiger charge is -2.40. The molecule has 0 radical (unpaired) electrons. The number of hydrogen-bond acceptors (Lipinski definition) is 8. The maximum atomic E-state index is 13.0. The predicted octanol–water partition coefficient (Wildman–Crippen LogP) is 13.9. The van der Waals surface area contributed by atoms with E-state index in [1.54, 1.807) is 0 Å². The summed E-state index contributed by atoms with van der Waals surface area (Å²) in [7, 11) is 0. The molecule has 1 fully saturated rings. The van der Waals surface area contributed by atoms with Gasteiger partial charge in [-0.1, -0.05) is 277 Å². The number of hydrogen-bond donors (Lipinski definition) is 6. The standard InChI is InChI=1S/C56H111NO8/c1-3-5-7-9-11-13-15-17-18-19-20-21-22-23-24-25-26-27-28-29-30-31-32-33-34-36-38-40-42-44-46-52(60)57-49(48-64-56-55(63)54(62)53(61)51(47-58)65-56)50(59)45-43-41-39-37-35-16-14-12-10-8-6-4-2/h49-51,53-56,58-59,61-63H,3-48H2,1-2H3,(H,57,60)/t49-,50+,51+,53-,54?,55?,56+/m0/s1. The summed E-state index contributed by atoms with van der Waals surface area (Å²) < 4.78 is 11.3. The Kier molecular flexibility index (Phi) is 44.9. The van der Waals surface area contributed by atoms with Gasteiger partial charge < -0.3 is 40.3 Å². The Morgan fingerprint density at radius 2 is 0.769 bits per heavy atom. The summed E-state index contributed by atoms with van der Waals surface area (Å²) in [6.07, 6.45) is 48.7. The van der Waals surface area contributed by atoms with Gasteiger partial charge in [-0.3, -0.25) is 4.79 Å². The molecule has 9 nitrogen and oxygen atoms in total. The van der Waals surface area contributed by atoms with Gasteiger partial charge in [-0.2, -0.15) is 0 Å². The van der Waals surface area contributed by atoms with E-state index in [9.17, 15) is 30.3 Å². The van der Waals surface area contributed by atoms with Crippen LogP contribution in [0.25, 0.3) is 0 Å². The van der Waals surface area contributed by atoms with Gasteiger partial charge in [-0.25, -0.2) is 0 Å². The van der Waals surface area contributed by atoms with Gasteiger partial charge in [0.15, 0.2) is 6.29 Å². The minimum absolute atomic E-state index is 0.131. The Balaban J connectivity index is 2.09. The highest BCUT2D eigenvalue weighted by atomic mass is 16.7. The van der Waals surface area contributed by atoms with Crippen molar-refractivity contribution in [2.24, 2.45) is 0 Å². The molecule has 1 aliphatic rings. The van der Waals surface area contributed by atoms with E-state index in [1.165, 1.54) is 231 Å². The van der Waals surface area contributed by atoms with Crippen LogP contribution in [0.1, 0.15) is 296 Å². The molecule has 0 aliphatic carbocycles. The second kappa shape index (κ2) is 46.9. The zero-order valence-electron chi connectivity index (χ0n) is 43.0. The lowest BCUT2D eigenvalue weighted by atomic mass is 9.99. The van der Waals surface area contributed by atoms with Crippen molar-refractivity contribution >= 4 is 5.91 Å². The predicted molar refractivity (Wildman–Crippen MR) is 272 cm³/mol. The molecule has 0 bridgehead atoms. The Morgan fingerprint density at radius 3 is 1.09 bits per heavy atom. The van der Waals surface area contributed by atoms with Gasteiger partial charge in [-0.15, -0.1) is 0 Å². The molecule has 1 aliphatic heterocycles. The highest BCUT2D eigenvalue weighted by molar-refractivity contribution is 5.76. The van der Waals surface area contributed by atoms with Crippen molar-refractivity contribution in [2.75, 3.05) is 13.2 Å². The van der Waals surface area contributed by atoms with E-state index in [4.69, 9.17) is 9.47 Å². The van der Waals surface area contributed by atoms with Crippen LogP contribution >= 0.6 is 0 Å². The molecule has 2 unspecified atom stereocenters. The average Bonchev–Trinajstić information content (AvgIpc) is 3.31. The van der Waals surface area contributed by atoms with E-state index >= 15 is 0 Å². The summed E-state index contributed by atoms with van der Waals surface area (Å²) in [6.45, 7) is 3.86. The molecule has 6 N–H and O–H groups in total. The van der Waals surface area contributed by atoms with Gasteiger partial charge in [0.2, 0.25) is 5.91 Å². The zero-order chi connectivity index (χ0) is 47.3. The number of rotatable bonds is 50. The van der Waals surface area contributed by atoms with Gasteiger partial charge in [0.1, 0.15) is 24.4 Å². The van der Waals surface area contributed by atoms with Crippen LogP contribution < -0.4 is 5.32 Å². The quantitative estimate of drug-likeness (QED) is 0.0330. The van der Waals surface area contributed by atoms with Crippen LogP contribution in [0.5, 0.6) is 0 Å². The number of amides is 1. The van der Waals surface area contributed by atoms with E-state index in [1.807, 2.05) is 0 Å². The first kappa shape index (κ1) is 62.2. The molecule has 1 saturated heterocycles. The number of carbonyl (C=O) groups is 1. The molecular weight excluding hydrogens is 815 g/mol. The summed E-state index contributed by atoms with van der Waals surface area (Å²) in [6, 6.07) is -0.712. The minimum Gasteiger partial charge on any atom is -0.394 e. The SMILES string of the molecule is CCCCCCCCCCCCCCCCCCCCCCCCCCCCCCCCC(=O)N[C@@H](CO[C@@H]1O[C@H](CO)[C@H](O)C(O)C1O)[C@H](O)CCCCCCCCCCCCCC. The molecule has 0 spiro atoms. The zero-order valence-corrected chi connectivity index (χ0v) is 43.0. The van der Waals surface area contributed by atoms with Crippen LogP contribution in [0, 0.1) is 0 Å². The van der Waals surface area contributed by atoms with Crippen LogP contribution in [0.2, 0.25) is 0 Å². The van der Waals surface area contributed by atoms with Crippen molar-refractivity contribution in [3.63, 3.8) is 0 Å². The Bertz CT molecular complexity index is 986. The first-order valence-corrected chi connectivity index (χ1v) is 28.7. The monoisotopic (exact) mass is 926 g/mol. The molecule has 0 aromatic carbocycles. The summed E-state index contributed by atoms with van der Waals surface area (Å²) in [5.41, 5.74) is 0. The highest BCUT2D eigenvalue weighted by Crippen LogP contribution is 2.23. The van der Waals surface area contributed by atoms with Gasteiger partial charge in [0.25, 0.3) is 0 Å². The molecule has 0 aromatic heterocycles. The number of nitrogens with one attached hydrogen (secondary N) is 1. The maximum absolute atomic E-state index is 13.0. The molecule has 65 heavy (non-hydrogen) atoms. The second-order valence-electron chi connectivity index (χ2n) is 20.5. The maximum Gasteiger partial charge on any atom is 0.220 e. The molecule has 388 valence electrons. The van der Waals surface area contributed by atoms with E-state index in [0.29, 0.717) is 12.8 Å². The van der Waals surface area contributed by atoms with Crippen LogP contribution in [0.15, 0.2) is 0 Å². The largest absolute Gasteiger partial charge is 0.394 e. The Hall–Kier alpha value is -0.810. The van der Waals surface area contributed by atoms with Crippen LogP contribution in [0.4, 0.5) is 0 Å². The third kappa shape index (κ3) is 36.8. The lowest BCUT2D eigenvalue weighted by molar-refractivity contribution is -0.302. The molecule has 1 rings (SSSR count). The van der Waals surface area contributed by atoms with Gasteiger partial charge in [0, 0.05) is 6.42 Å². The Labute approximate surface area is 402 Å². The topological polar surface area (TPSA) is 149 Å². The highest BCUT2D eigenvalue weighted by Gasteiger charge is 2.44. The van der Waals surface area contributed by atoms with Crippen molar-refractivity contribution in [3.8, 4) is 0 Å². The van der Waals surface area contributed by atoms with Crippen molar-refractivity contribution < 1.29 is 39.8 Å². The molecule has 7 atom stereocenters. The fourth-order valence-corrected chi connectivity index (χ4v) is 9.64. The number of aliphatic hydroxyl groups is 5. The first-order chi connectivity index (χ1) is 31.8. The van der Waals surface area contributed by atoms with E-state index in [0.717, 1.165) is 38.5 Å². The van der Waals surface area contributed by atoms with Crippen molar-refractivity contribution in [1.82, 2.24) is 5.32 Å². The fourth-order valence-electron chi connectivity index (χ4n) is 9.64. The molecule has 1 heterocycles. The normalized spacial score (nSPS) is 19.8. The molecule has 1 amide bonds. The van der Waals surface area contributed by atoms with E-state index in [-0.39, 0.29) is 12.5 Å². The van der Waals surface area contributed by atoms with Gasteiger partial charge in [0.05, 0.1) is 25.4 Å². The Morgan fingerprint density at radius 1 is 0.462 bits per heavy atom. The molecule has 9 heteroatoms. The molecular formula is C56H111NO8. The number of carbonyl (C=O) groups excluding carboxylic acids is 1. The lowest BCUT2D eigenvalue weighted by Crippen LogP contribution is -2.60. The summed E-state index contributed by atoms with van der Waals surface area (Å²) in [5.74, 6) is -0.138. The van der Waals surface area contributed by atoms with Crippen molar-refractivity contribution in [1.29, 1.82) is 0 Å². The van der Waals surface area contributed by atoms with Crippen molar-refractivity contribution in [3.05, 3.63) is 0 Å². The average molecular weight is 927 g/mol. The third-order valence-corrected chi connectivity index (χ3v) is 14.2. The van der Waals surface area contributed by atoms with Crippen LogP contribution in [-0.4, -0.2) is 87.5 Å². The third-order valence-electron chi connectivity index (χ3n) is 14.2. The van der Waals surface area contributed by atoms with Crippen LogP contribution in [-0.2, 0) is 14.3 Å². The smallest absolute Gasteiger partial charge is 0.220 e. The summed E-state index contributed by atoms with van der Waals surface area (Å²) >= 11 is 0. The van der Waals surface area contributed by atoms with Gasteiger partial charge >= 0.3 is 0 Å². The minimum atomic E-state index is -1.55. The summed E-state index contributed by atoms with van der Waals surface area (Å²) in [5, 5.41) is 54.5. The number of ether oxygens (including phenoxy) is 2. The first-order valence-electron chi connectivity index (χ1n) is 28.7. The number of unbranched alkanes of at least 4 members (excludes halogenated alkanes) is 40. The van der Waals surface area contributed by atoms with Crippen LogP contribution in [0.3, 0.4) is 0 Å². The van der Waals surface area contributed by atoms with E-state index < -0.39 is 49.5 Å². The molecule has 0 saturated carbocycles. The summed E-state index contributed by atoms with van der Waals surface area (Å²) in [4.78, 5) is 13.0. The molecule has 0 aromatic rings. The van der Waals surface area contributed by atoms with E-state index in [2.05, 4.69) is 19.2 Å². The van der Waals surface area contributed by atoms with Gasteiger partial charge in [-0.05, 0) is 12.8 Å².